The molecule has 4 rings (SSSR count). The van der Waals surface area contributed by atoms with Crippen molar-refractivity contribution in [1.82, 2.24) is 4.90 Å². The predicted octanol–water partition coefficient (Wildman–Crippen LogP) is 5.71. The predicted molar refractivity (Wildman–Crippen MR) is 124 cm³/mol. The van der Waals surface area contributed by atoms with Crippen molar-refractivity contribution in [2.45, 2.75) is 19.0 Å². The molecule has 1 heterocycles. The van der Waals surface area contributed by atoms with Crippen molar-refractivity contribution in [3.63, 3.8) is 0 Å². The first-order valence-electron chi connectivity index (χ1n) is 10.4. The molecule has 0 unspecified atom stereocenters. The Labute approximate surface area is 188 Å². The molecule has 154 valence electrons. The highest BCUT2D eigenvalue weighted by Crippen LogP contribution is 2.37. The van der Waals surface area contributed by atoms with Crippen molar-refractivity contribution in [2.24, 2.45) is 0 Å². The molecule has 0 amide bonds. The lowest BCUT2D eigenvalue weighted by molar-refractivity contribution is 0.171. The van der Waals surface area contributed by atoms with E-state index in [1.54, 1.807) is 6.07 Å². The van der Waals surface area contributed by atoms with Crippen molar-refractivity contribution in [1.29, 1.82) is 10.5 Å². The summed E-state index contributed by atoms with van der Waals surface area (Å²) in [7, 11) is 0. The monoisotopic (exact) mass is 426 g/mol. The van der Waals surface area contributed by atoms with Crippen molar-refractivity contribution in [2.75, 3.05) is 24.5 Å². The van der Waals surface area contributed by atoms with Crippen LogP contribution in [0.1, 0.15) is 41.3 Å². The SMILES string of the molecule is C[C@H](c1ccc(C#N)cc1)N1CCN(c2ccc(C#N)cc2Cl)[C@H](c2ccccc2)C1. The molecular formula is C26H23ClN4. The summed E-state index contributed by atoms with van der Waals surface area (Å²) < 4.78 is 0. The van der Waals surface area contributed by atoms with Gasteiger partial charge in [-0.2, -0.15) is 10.5 Å². The minimum atomic E-state index is 0.140. The third-order valence-corrected chi connectivity index (χ3v) is 6.35. The number of hydrogen-bond donors (Lipinski definition) is 0. The van der Waals surface area contributed by atoms with Gasteiger partial charge in [-0.3, -0.25) is 4.90 Å². The number of nitriles is 2. The van der Waals surface area contributed by atoms with Gasteiger partial charge in [0.05, 0.1) is 40.0 Å². The lowest BCUT2D eigenvalue weighted by atomic mass is 9.98. The lowest BCUT2D eigenvalue weighted by Gasteiger charge is -2.45. The van der Waals surface area contributed by atoms with Gasteiger partial charge in [0.15, 0.2) is 0 Å². The average molecular weight is 427 g/mol. The average Bonchev–Trinajstić information content (AvgIpc) is 2.84. The highest BCUT2D eigenvalue weighted by atomic mass is 35.5. The Kier molecular flexibility index (Phi) is 6.23. The van der Waals surface area contributed by atoms with Crippen molar-refractivity contribution < 1.29 is 0 Å². The number of benzene rings is 3. The lowest BCUT2D eigenvalue weighted by Crippen LogP contribution is -2.49. The Balaban J connectivity index is 1.64. The van der Waals surface area contributed by atoms with Crippen LogP contribution in [0.5, 0.6) is 0 Å². The van der Waals surface area contributed by atoms with Crippen LogP contribution >= 0.6 is 11.6 Å². The van der Waals surface area contributed by atoms with Crippen molar-refractivity contribution >= 4 is 17.3 Å². The minimum absolute atomic E-state index is 0.140. The fraction of sp³-hybridized carbons (Fsp3) is 0.231. The zero-order valence-corrected chi connectivity index (χ0v) is 18.1. The van der Waals surface area contributed by atoms with E-state index < -0.39 is 0 Å². The molecule has 5 heteroatoms. The van der Waals surface area contributed by atoms with E-state index in [0.717, 1.165) is 25.3 Å². The number of nitrogens with zero attached hydrogens (tertiary/aromatic N) is 4. The van der Waals surface area contributed by atoms with Crippen LogP contribution in [-0.4, -0.2) is 24.5 Å². The van der Waals surface area contributed by atoms with Gasteiger partial charge in [-0.15, -0.1) is 0 Å². The molecule has 3 aromatic carbocycles. The van der Waals surface area contributed by atoms with Gasteiger partial charge >= 0.3 is 0 Å². The Hall–Kier alpha value is -3.31. The molecule has 4 nitrogen and oxygen atoms in total. The smallest absolute Gasteiger partial charge is 0.0992 e. The highest BCUT2D eigenvalue weighted by molar-refractivity contribution is 6.33. The van der Waals surface area contributed by atoms with Gasteiger partial charge in [-0.05, 0) is 48.4 Å². The second kappa shape index (κ2) is 9.23. The summed E-state index contributed by atoms with van der Waals surface area (Å²) in [6.07, 6.45) is 0. The molecule has 1 fully saturated rings. The van der Waals surface area contributed by atoms with Gasteiger partial charge in [0.2, 0.25) is 0 Å². The summed E-state index contributed by atoms with van der Waals surface area (Å²) in [5.74, 6) is 0. The number of halogens is 1. The number of anilines is 1. The first-order chi connectivity index (χ1) is 15.1. The van der Waals surface area contributed by atoms with Crippen molar-refractivity contribution in [3.05, 3.63) is 100 Å². The first kappa shape index (κ1) is 20.9. The first-order valence-corrected chi connectivity index (χ1v) is 10.7. The number of piperazine rings is 1. The van der Waals surface area contributed by atoms with Gasteiger partial charge in [0.1, 0.15) is 0 Å². The van der Waals surface area contributed by atoms with E-state index >= 15 is 0 Å². The summed E-state index contributed by atoms with van der Waals surface area (Å²) in [6, 6.07) is 28.6. The molecule has 0 saturated carbocycles. The van der Waals surface area contributed by atoms with Crippen LogP contribution < -0.4 is 4.90 Å². The minimum Gasteiger partial charge on any atom is -0.361 e. The maximum absolute atomic E-state index is 9.18. The van der Waals surface area contributed by atoms with E-state index in [9.17, 15) is 5.26 Å². The van der Waals surface area contributed by atoms with Gasteiger partial charge in [-0.1, -0.05) is 54.1 Å². The van der Waals surface area contributed by atoms with E-state index in [0.29, 0.717) is 16.1 Å². The second-order valence-electron chi connectivity index (χ2n) is 7.80. The topological polar surface area (TPSA) is 54.1 Å². The fourth-order valence-corrected chi connectivity index (χ4v) is 4.55. The molecule has 1 saturated heterocycles. The quantitative estimate of drug-likeness (QED) is 0.536. The normalized spacial score (nSPS) is 17.5. The maximum Gasteiger partial charge on any atom is 0.0992 e. The molecule has 1 aliphatic heterocycles. The zero-order chi connectivity index (χ0) is 21.8. The van der Waals surface area contributed by atoms with E-state index in [1.807, 2.05) is 42.5 Å². The van der Waals surface area contributed by atoms with Gasteiger partial charge in [-0.25, -0.2) is 0 Å². The number of hydrogen-bond acceptors (Lipinski definition) is 4. The Morgan fingerprint density at radius 2 is 1.58 bits per heavy atom. The van der Waals surface area contributed by atoms with E-state index in [1.165, 1.54) is 11.1 Å². The summed E-state index contributed by atoms with van der Waals surface area (Å²) in [6.45, 7) is 4.78. The molecule has 0 spiro atoms. The highest BCUT2D eigenvalue weighted by Gasteiger charge is 2.32. The fourth-order valence-electron chi connectivity index (χ4n) is 4.26. The van der Waals surface area contributed by atoms with Crippen LogP contribution in [-0.2, 0) is 0 Å². The molecule has 0 bridgehead atoms. The molecular weight excluding hydrogens is 404 g/mol. The maximum atomic E-state index is 9.18. The van der Waals surface area contributed by atoms with Crippen LogP contribution in [0.3, 0.4) is 0 Å². The van der Waals surface area contributed by atoms with Gasteiger partial charge in [0, 0.05) is 25.7 Å². The summed E-state index contributed by atoms with van der Waals surface area (Å²) in [5.41, 5.74) is 4.65. The molecule has 1 aliphatic rings. The van der Waals surface area contributed by atoms with Crippen LogP contribution in [0, 0.1) is 22.7 Å². The second-order valence-corrected chi connectivity index (χ2v) is 8.21. The Morgan fingerprint density at radius 3 is 2.23 bits per heavy atom. The standard InChI is InChI=1S/C26H23ClN4/c1-19(22-10-7-20(16-28)8-11-22)30-13-14-31(25-12-9-21(17-29)15-24(25)27)26(18-30)23-5-3-2-4-6-23/h2-12,15,19,26H,13-14,18H2,1H3/t19-,26+/m1/s1. The van der Waals surface area contributed by atoms with Crippen LogP contribution in [0.4, 0.5) is 5.69 Å². The summed E-state index contributed by atoms with van der Waals surface area (Å²) in [5, 5.41) is 18.9. The number of rotatable bonds is 4. The molecule has 0 aromatic heterocycles. The van der Waals surface area contributed by atoms with E-state index in [4.69, 9.17) is 16.9 Å². The van der Waals surface area contributed by atoms with Gasteiger partial charge in [0.25, 0.3) is 0 Å². The molecule has 31 heavy (non-hydrogen) atoms. The van der Waals surface area contributed by atoms with E-state index in [-0.39, 0.29) is 12.1 Å². The van der Waals surface area contributed by atoms with Crippen LogP contribution in [0.25, 0.3) is 0 Å². The third kappa shape index (κ3) is 4.42. The summed E-state index contributed by atoms with van der Waals surface area (Å²) >= 11 is 6.58. The molecule has 0 radical (unpaired) electrons. The largest absolute Gasteiger partial charge is 0.361 e. The molecule has 0 aliphatic carbocycles. The molecule has 2 atom stereocenters. The third-order valence-electron chi connectivity index (χ3n) is 6.05. The molecule has 0 N–H and O–H groups in total. The summed E-state index contributed by atoms with van der Waals surface area (Å²) in [4.78, 5) is 4.83. The van der Waals surface area contributed by atoms with Crippen LogP contribution in [0.2, 0.25) is 5.02 Å². The van der Waals surface area contributed by atoms with Crippen molar-refractivity contribution in [3.8, 4) is 12.1 Å². The van der Waals surface area contributed by atoms with Crippen LogP contribution in [0.15, 0.2) is 72.8 Å². The Bertz CT molecular complexity index is 1130. The Morgan fingerprint density at radius 1 is 0.903 bits per heavy atom. The zero-order valence-electron chi connectivity index (χ0n) is 17.4. The van der Waals surface area contributed by atoms with Gasteiger partial charge < -0.3 is 4.90 Å². The molecule has 3 aromatic rings. The van der Waals surface area contributed by atoms with E-state index in [2.05, 4.69) is 53.1 Å².